The van der Waals surface area contributed by atoms with Crippen molar-refractivity contribution in [2.75, 3.05) is 0 Å². The van der Waals surface area contributed by atoms with Crippen LogP contribution < -0.4 is 0 Å². The monoisotopic (exact) mass is 204 g/mol. The number of hydrogen-bond donors (Lipinski definition) is 2. The molecular weight excluding hydrogens is 192 g/mol. The van der Waals surface area contributed by atoms with Crippen molar-refractivity contribution < 1.29 is 15.0 Å². The van der Waals surface area contributed by atoms with Gasteiger partial charge in [-0.25, -0.2) is 4.79 Å². The molecule has 2 N–H and O–H groups in total. The van der Waals surface area contributed by atoms with Gasteiger partial charge in [0.2, 0.25) is 0 Å². The van der Waals surface area contributed by atoms with E-state index in [0.29, 0.717) is 11.1 Å². The maximum Gasteiger partial charge on any atom is 0.331 e. The normalized spacial score (nSPS) is 11.1. The first kappa shape index (κ1) is 11.0. The van der Waals surface area contributed by atoms with Gasteiger partial charge < -0.3 is 10.2 Å². The first-order chi connectivity index (χ1) is 7.06. The molecule has 0 aliphatic rings. The average molecular weight is 204 g/mol. The van der Waals surface area contributed by atoms with E-state index < -0.39 is 5.97 Å². The molecule has 0 saturated heterocycles. The molecular formula is C12H12O3. The maximum atomic E-state index is 10.6. The Morgan fingerprint density at radius 3 is 2.53 bits per heavy atom. The van der Waals surface area contributed by atoms with Gasteiger partial charge in [0.1, 0.15) is 5.75 Å². The number of para-hydroxylation sites is 1. The second-order valence-corrected chi connectivity index (χ2v) is 3.12. The zero-order valence-electron chi connectivity index (χ0n) is 8.40. The number of rotatable bonds is 3. The Morgan fingerprint density at radius 2 is 2.00 bits per heavy atom. The summed E-state index contributed by atoms with van der Waals surface area (Å²) in [4.78, 5) is 10.6. The van der Waals surface area contributed by atoms with Crippen molar-refractivity contribution in [1.82, 2.24) is 0 Å². The molecule has 15 heavy (non-hydrogen) atoms. The molecule has 0 saturated carbocycles. The predicted molar refractivity (Wildman–Crippen MR) is 59.5 cm³/mol. The molecule has 1 aromatic carbocycles. The van der Waals surface area contributed by atoms with Gasteiger partial charge in [0, 0.05) is 16.7 Å². The molecule has 0 aliphatic carbocycles. The number of benzene rings is 1. The van der Waals surface area contributed by atoms with Crippen LogP contribution in [0.2, 0.25) is 0 Å². The molecule has 0 bridgehead atoms. The topological polar surface area (TPSA) is 57.5 Å². The Morgan fingerprint density at radius 1 is 1.40 bits per heavy atom. The molecule has 0 radical (unpaired) electrons. The molecule has 0 fully saturated rings. The first-order valence-electron chi connectivity index (χ1n) is 4.42. The molecule has 78 valence electrons. The minimum Gasteiger partial charge on any atom is -0.507 e. The van der Waals surface area contributed by atoms with Crippen LogP contribution in [0.3, 0.4) is 0 Å². The van der Waals surface area contributed by atoms with Crippen molar-refractivity contribution in [2.45, 2.75) is 6.92 Å². The Hall–Kier alpha value is -2.03. The number of aromatic hydroxyl groups is 1. The number of hydrogen-bond acceptors (Lipinski definition) is 2. The highest BCUT2D eigenvalue weighted by Crippen LogP contribution is 2.25. The zero-order valence-corrected chi connectivity index (χ0v) is 8.40. The minimum absolute atomic E-state index is 0.0492. The van der Waals surface area contributed by atoms with Gasteiger partial charge in [0.25, 0.3) is 0 Å². The highest BCUT2D eigenvalue weighted by Gasteiger charge is 2.05. The van der Waals surface area contributed by atoms with Crippen molar-refractivity contribution in [3.63, 3.8) is 0 Å². The largest absolute Gasteiger partial charge is 0.507 e. The first-order valence-corrected chi connectivity index (χ1v) is 4.42. The van der Waals surface area contributed by atoms with Gasteiger partial charge in [-0.15, -0.1) is 0 Å². The van der Waals surface area contributed by atoms with E-state index in [0.717, 1.165) is 0 Å². The third kappa shape index (κ3) is 2.47. The third-order valence-corrected chi connectivity index (χ3v) is 2.03. The van der Waals surface area contributed by atoms with E-state index in [9.17, 15) is 9.90 Å². The van der Waals surface area contributed by atoms with Crippen LogP contribution in [0.15, 0.2) is 30.4 Å². The van der Waals surface area contributed by atoms with Crippen molar-refractivity contribution in [1.29, 1.82) is 0 Å². The van der Waals surface area contributed by atoms with Gasteiger partial charge in [0.05, 0.1) is 0 Å². The van der Waals surface area contributed by atoms with Gasteiger partial charge >= 0.3 is 5.97 Å². The number of carbonyl (C=O) groups is 1. The molecule has 0 heterocycles. The summed E-state index contributed by atoms with van der Waals surface area (Å²) in [7, 11) is 0. The van der Waals surface area contributed by atoms with Gasteiger partial charge in [-0.1, -0.05) is 30.9 Å². The van der Waals surface area contributed by atoms with Crippen molar-refractivity contribution >= 4 is 18.1 Å². The Labute approximate surface area is 88.0 Å². The van der Waals surface area contributed by atoms with E-state index in [1.54, 1.807) is 18.2 Å². The van der Waals surface area contributed by atoms with Crippen molar-refractivity contribution in [2.24, 2.45) is 0 Å². The summed E-state index contributed by atoms with van der Waals surface area (Å²) in [6, 6.07) is 5.09. The van der Waals surface area contributed by atoms with Crippen LogP contribution in [-0.4, -0.2) is 16.2 Å². The van der Waals surface area contributed by atoms with Crippen molar-refractivity contribution in [3.8, 4) is 5.75 Å². The Balaban J connectivity index is 3.22. The molecule has 0 aliphatic heterocycles. The lowest BCUT2D eigenvalue weighted by molar-refractivity contribution is -0.132. The van der Waals surface area contributed by atoms with Crippen LogP contribution >= 0.6 is 0 Å². The average Bonchev–Trinajstić information content (AvgIpc) is 2.21. The zero-order chi connectivity index (χ0) is 11.4. The molecule has 1 rings (SSSR count). The maximum absolute atomic E-state index is 10.6. The number of aliphatic carboxylic acids is 1. The highest BCUT2D eigenvalue weighted by atomic mass is 16.4. The smallest absolute Gasteiger partial charge is 0.331 e. The Kier molecular flexibility index (Phi) is 3.29. The molecule has 0 spiro atoms. The van der Waals surface area contributed by atoms with Gasteiger partial charge in [-0.05, 0) is 13.0 Å². The van der Waals surface area contributed by atoms with Crippen LogP contribution in [-0.2, 0) is 4.79 Å². The highest BCUT2D eigenvalue weighted by molar-refractivity contribution is 5.92. The van der Waals surface area contributed by atoms with Crippen LogP contribution in [0.5, 0.6) is 5.75 Å². The lowest BCUT2D eigenvalue weighted by atomic mass is 10.1. The molecule has 0 unspecified atom stereocenters. The fourth-order valence-electron chi connectivity index (χ4n) is 1.16. The molecule has 1 aromatic rings. The number of phenolic OH excluding ortho intramolecular Hbond substituents is 1. The van der Waals surface area contributed by atoms with Gasteiger partial charge in [0.15, 0.2) is 0 Å². The fourth-order valence-corrected chi connectivity index (χ4v) is 1.16. The predicted octanol–water partition coefficient (Wildman–Crippen LogP) is 2.52. The summed E-state index contributed by atoms with van der Waals surface area (Å²) >= 11 is 0. The summed E-state index contributed by atoms with van der Waals surface area (Å²) in [6.45, 7) is 5.02. The second kappa shape index (κ2) is 4.46. The molecule has 0 amide bonds. The number of carboxylic acids is 1. The lowest BCUT2D eigenvalue weighted by Crippen LogP contribution is -1.95. The fraction of sp³-hybridized carbons (Fsp3) is 0.0833. The quantitative estimate of drug-likeness (QED) is 0.744. The molecule has 0 aromatic heterocycles. The van der Waals surface area contributed by atoms with Crippen LogP contribution in [0.25, 0.3) is 12.2 Å². The van der Waals surface area contributed by atoms with E-state index in [1.807, 2.05) is 0 Å². The van der Waals surface area contributed by atoms with Crippen molar-refractivity contribution in [3.05, 3.63) is 41.5 Å². The summed E-state index contributed by atoms with van der Waals surface area (Å²) in [5.74, 6) is -0.952. The van der Waals surface area contributed by atoms with Crippen LogP contribution in [0, 0.1) is 0 Å². The lowest BCUT2D eigenvalue weighted by Gasteiger charge is -2.03. The molecule has 3 heteroatoms. The number of carboxylic acid groups (broad SMARTS) is 1. The molecule has 3 nitrogen and oxygen atoms in total. The van der Waals surface area contributed by atoms with Crippen LogP contribution in [0.4, 0.5) is 0 Å². The van der Waals surface area contributed by atoms with E-state index >= 15 is 0 Å². The van der Waals surface area contributed by atoms with E-state index in [-0.39, 0.29) is 11.3 Å². The van der Waals surface area contributed by atoms with E-state index in [1.165, 1.54) is 19.1 Å². The van der Waals surface area contributed by atoms with Crippen LogP contribution in [0.1, 0.15) is 18.1 Å². The SMILES string of the molecule is C=Cc1cccc(/C=C(\C)C(=O)O)c1O. The summed E-state index contributed by atoms with van der Waals surface area (Å²) in [5.41, 5.74) is 1.24. The van der Waals surface area contributed by atoms with E-state index in [2.05, 4.69) is 6.58 Å². The summed E-state index contributed by atoms with van der Waals surface area (Å²) in [5, 5.41) is 18.4. The second-order valence-electron chi connectivity index (χ2n) is 3.12. The number of phenols is 1. The minimum atomic E-state index is -1.00. The Bertz CT molecular complexity index is 430. The standard InChI is InChI=1S/C12H12O3/c1-3-9-5-4-6-10(11(9)13)7-8(2)12(14)15/h3-7,13H,1H2,2H3,(H,14,15)/b8-7+. The third-order valence-electron chi connectivity index (χ3n) is 2.03. The summed E-state index contributed by atoms with van der Waals surface area (Å²) in [6.07, 6.45) is 2.94. The van der Waals surface area contributed by atoms with E-state index in [4.69, 9.17) is 5.11 Å². The molecule has 0 atom stereocenters. The summed E-state index contributed by atoms with van der Waals surface area (Å²) < 4.78 is 0. The van der Waals surface area contributed by atoms with Gasteiger partial charge in [-0.3, -0.25) is 0 Å². The van der Waals surface area contributed by atoms with Gasteiger partial charge in [-0.2, -0.15) is 0 Å².